The number of nitrogens with two attached hydrogens (primary N) is 2. The smallest absolute Gasteiger partial charge is 0.240 e. The van der Waals surface area contributed by atoms with Crippen LogP contribution in [-0.2, 0) is 10.0 Å². The molecular formula is C12H12N2O2S. The summed E-state index contributed by atoms with van der Waals surface area (Å²) in [5.41, 5.74) is 7.44. The van der Waals surface area contributed by atoms with E-state index in [1.807, 2.05) is 30.3 Å². The van der Waals surface area contributed by atoms with Gasteiger partial charge in [-0.2, -0.15) is 0 Å². The molecule has 0 aromatic heterocycles. The van der Waals surface area contributed by atoms with Gasteiger partial charge in [0.15, 0.2) is 0 Å². The maximum Gasteiger partial charge on any atom is 0.240 e. The summed E-state index contributed by atoms with van der Waals surface area (Å²) in [5, 5.41) is 5.10. The first kappa shape index (κ1) is 11.6. The van der Waals surface area contributed by atoms with Gasteiger partial charge < -0.3 is 5.73 Å². The first-order valence-corrected chi connectivity index (χ1v) is 6.51. The number of sulfonamides is 1. The van der Waals surface area contributed by atoms with Crippen LogP contribution in [0.5, 0.6) is 0 Å². The molecule has 4 nitrogen and oxygen atoms in total. The topological polar surface area (TPSA) is 86.2 Å². The Morgan fingerprint density at radius 1 is 0.882 bits per heavy atom. The van der Waals surface area contributed by atoms with Crippen molar-refractivity contribution >= 4 is 15.7 Å². The second-order valence-corrected chi connectivity index (χ2v) is 5.19. The Morgan fingerprint density at radius 2 is 1.53 bits per heavy atom. The Balaban J connectivity index is 2.61. The van der Waals surface area contributed by atoms with E-state index in [4.69, 9.17) is 10.9 Å². The van der Waals surface area contributed by atoms with E-state index < -0.39 is 10.0 Å². The molecule has 2 rings (SSSR count). The normalized spacial score (nSPS) is 11.4. The van der Waals surface area contributed by atoms with Gasteiger partial charge in [-0.15, -0.1) is 0 Å². The molecule has 4 N–H and O–H groups in total. The molecule has 0 unspecified atom stereocenters. The van der Waals surface area contributed by atoms with Gasteiger partial charge in [-0.1, -0.05) is 36.4 Å². The molecule has 0 aliphatic heterocycles. The van der Waals surface area contributed by atoms with Crippen molar-refractivity contribution in [2.45, 2.75) is 4.90 Å². The molecule has 0 saturated carbocycles. The van der Waals surface area contributed by atoms with Gasteiger partial charge in [0.1, 0.15) is 4.90 Å². The quantitative estimate of drug-likeness (QED) is 0.791. The van der Waals surface area contributed by atoms with Crippen LogP contribution in [0.3, 0.4) is 0 Å². The standard InChI is InChI=1S/C12H12N2O2S/c13-11-7-6-10(8-12(11)17(14,15)16)9-4-2-1-3-5-9/h1-8H,13H2,(H2,14,15,16). The van der Waals surface area contributed by atoms with E-state index in [1.54, 1.807) is 12.1 Å². The van der Waals surface area contributed by atoms with E-state index in [2.05, 4.69) is 0 Å². The number of nitrogen functional groups attached to an aromatic ring is 1. The monoisotopic (exact) mass is 248 g/mol. The van der Waals surface area contributed by atoms with Crippen LogP contribution in [0.15, 0.2) is 53.4 Å². The van der Waals surface area contributed by atoms with Crippen LogP contribution in [0.1, 0.15) is 0 Å². The summed E-state index contributed by atoms with van der Waals surface area (Å²) in [7, 11) is -3.79. The lowest BCUT2D eigenvalue weighted by Crippen LogP contribution is -2.14. The number of primary sulfonamides is 1. The van der Waals surface area contributed by atoms with Gasteiger partial charge >= 0.3 is 0 Å². The molecule has 0 bridgehead atoms. The van der Waals surface area contributed by atoms with Crippen LogP contribution in [0.4, 0.5) is 5.69 Å². The van der Waals surface area contributed by atoms with Crippen molar-refractivity contribution in [3.63, 3.8) is 0 Å². The Kier molecular flexibility index (Phi) is 2.87. The van der Waals surface area contributed by atoms with E-state index >= 15 is 0 Å². The molecule has 2 aromatic carbocycles. The van der Waals surface area contributed by atoms with E-state index in [-0.39, 0.29) is 10.6 Å². The van der Waals surface area contributed by atoms with Crippen LogP contribution < -0.4 is 10.9 Å². The zero-order valence-corrected chi connectivity index (χ0v) is 9.81. The van der Waals surface area contributed by atoms with Crippen LogP contribution in [0.2, 0.25) is 0 Å². The molecule has 2 aromatic rings. The molecule has 0 saturated heterocycles. The number of hydrogen-bond donors (Lipinski definition) is 2. The first-order chi connectivity index (χ1) is 7.98. The third kappa shape index (κ3) is 2.46. The summed E-state index contributed by atoms with van der Waals surface area (Å²) in [6, 6.07) is 14.2. The molecule has 0 aliphatic carbocycles. The summed E-state index contributed by atoms with van der Waals surface area (Å²) >= 11 is 0. The molecule has 17 heavy (non-hydrogen) atoms. The number of rotatable bonds is 2. The molecule has 0 heterocycles. The molecule has 5 heteroatoms. The minimum atomic E-state index is -3.79. The van der Waals surface area contributed by atoms with Crippen LogP contribution in [-0.4, -0.2) is 8.42 Å². The molecule has 0 spiro atoms. The van der Waals surface area contributed by atoms with Gasteiger partial charge in [0.05, 0.1) is 5.69 Å². The predicted molar refractivity (Wildman–Crippen MR) is 67.7 cm³/mol. The highest BCUT2D eigenvalue weighted by molar-refractivity contribution is 7.89. The Hall–Kier alpha value is -1.85. The summed E-state index contributed by atoms with van der Waals surface area (Å²) in [5.74, 6) is 0. The van der Waals surface area contributed by atoms with Gasteiger partial charge in [0.2, 0.25) is 10.0 Å². The van der Waals surface area contributed by atoms with E-state index in [0.29, 0.717) is 0 Å². The van der Waals surface area contributed by atoms with Gasteiger partial charge in [0.25, 0.3) is 0 Å². The lowest BCUT2D eigenvalue weighted by molar-refractivity contribution is 0.598. The summed E-state index contributed by atoms with van der Waals surface area (Å²) < 4.78 is 22.7. The van der Waals surface area contributed by atoms with Crippen molar-refractivity contribution in [1.82, 2.24) is 0 Å². The minimum Gasteiger partial charge on any atom is -0.398 e. The highest BCUT2D eigenvalue weighted by Gasteiger charge is 2.13. The van der Waals surface area contributed by atoms with Crippen molar-refractivity contribution in [3.8, 4) is 11.1 Å². The highest BCUT2D eigenvalue weighted by atomic mass is 32.2. The summed E-state index contributed by atoms with van der Waals surface area (Å²) in [6.45, 7) is 0. The molecule has 0 fully saturated rings. The average Bonchev–Trinajstić information content (AvgIpc) is 2.29. The predicted octanol–water partition coefficient (Wildman–Crippen LogP) is 1.58. The fourth-order valence-corrected chi connectivity index (χ4v) is 2.28. The number of hydrogen-bond acceptors (Lipinski definition) is 3. The molecule has 0 atom stereocenters. The Labute approximate surface area is 99.9 Å². The molecular weight excluding hydrogens is 236 g/mol. The van der Waals surface area contributed by atoms with Crippen molar-refractivity contribution in [1.29, 1.82) is 0 Å². The first-order valence-electron chi connectivity index (χ1n) is 4.96. The SMILES string of the molecule is Nc1ccc(-c2ccccc2)cc1S(N)(=O)=O. The number of anilines is 1. The van der Waals surface area contributed by atoms with Gasteiger partial charge in [0, 0.05) is 0 Å². The molecule has 0 aliphatic rings. The molecule has 0 radical (unpaired) electrons. The van der Waals surface area contributed by atoms with E-state index in [0.717, 1.165) is 11.1 Å². The lowest BCUT2D eigenvalue weighted by atomic mass is 10.1. The van der Waals surface area contributed by atoms with Gasteiger partial charge in [-0.05, 0) is 23.3 Å². The maximum absolute atomic E-state index is 11.3. The van der Waals surface area contributed by atoms with Gasteiger partial charge in [-0.3, -0.25) is 0 Å². The highest BCUT2D eigenvalue weighted by Crippen LogP contribution is 2.25. The largest absolute Gasteiger partial charge is 0.398 e. The molecule has 88 valence electrons. The summed E-state index contributed by atoms with van der Waals surface area (Å²) in [4.78, 5) is -0.0427. The average molecular weight is 248 g/mol. The van der Waals surface area contributed by atoms with Crippen LogP contribution >= 0.6 is 0 Å². The van der Waals surface area contributed by atoms with Crippen LogP contribution in [0.25, 0.3) is 11.1 Å². The third-order valence-electron chi connectivity index (χ3n) is 2.43. The minimum absolute atomic E-state index is 0.0427. The fraction of sp³-hybridized carbons (Fsp3) is 0. The Morgan fingerprint density at radius 3 is 2.12 bits per heavy atom. The zero-order valence-electron chi connectivity index (χ0n) is 9.00. The second-order valence-electron chi connectivity index (χ2n) is 3.66. The van der Waals surface area contributed by atoms with Gasteiger partial charge in [-0.25, -0.2) is 13.6 Å². The second kappa shape index (κ2) is 4.20. The van der Waals surface area contributed by atoms with Crippen molar-refractivity contribution < 1.29 is 8.42 Å². The van der Waals surface area contributed by atoms with Crippen molar-refractivity contribution in [2.75, 3.05) is 5.73 Å². The van der Waals surface area contributed by atoms with Crippen molar-refractivity contribution in [2.24, 2.45) is 5.14 Å². The molecule has 0 amide bonds. The fourth-order valence-electron chi connectivity index (χ4n) is 1.59. The Bertz CT molecular complexity index is 637. The third-order valence-corrected chi connectivity index (χ3v) is 3.39. The van der Waals surface area contributed by atoms with E-state index in [1.165, 1.54) is 6.07 Å². The van der Waals surface area contributed by atoms with Crippen LogP contribution in [0, 0.1) is 0 Å². The summed E-state index contributed by atoms with van der Waals surface area (Å²) in [6.07, 6.45) is 0. The zero-order chi connectivity index (χ0) is 12.5. The number of benzene rings is 2. The van der Waals surface area contributed by atoms with Crippen molar-refractivity contribution in [3.05, 3.63) is 48.5 Å². The lowest BCUT2D eigenvalue weighted by Gasteiger charge is -2.07. The van der Waals surface area contributed by atoms with E-state index in [9.17, 15) is 8.42 Å². The maximum atomic E-state index is 11.3.